The smallest absolute Gasteiger partial charge is 0.428 e. The molecule has 0 aliphatic rings. The molecule has 5 N–H and O–H groups in total. The van der Waals surface area contributed by atoms with Crippen molar-refractivity contribution in [2.75, 3.05) is 13.1 Å². The van der Waals surface area contributed by atoms with Crippen LogP contribution in [0.3, 0.4) is 0 Å². The first-order valence-corrected chi connectivity index (χ1v) is 6.85. The standard InChI is InChI=1S/C14H24N4O4/c1-5-8-17-12(16)18-9-6-7-10(15)11(19)21-13(20)22-14(2,3)4/h1,10H,6-9,15H2,2-4H3,(H3,16,17,18)/t10-/m0/s1. The van der Waals surface area contributed by atoms with Crippen LogP contribution in [0.25, 0.3) is 0 Å². The fraction of sp³-hybridized carbons (Fsp3) is 0.643. The summed E-state index contributed by atoms with van der Waals surface area (Å²) in [4.78, 5) is 22.9. The number of carbonyl (C=O) groups is 2. The van der Waals surface area contributed by atoms with Gasteiger partial charge in [-0.1, -0.05) is 5.92 Å². The summed E-state index contributed by atoms with van der Waals surface area (Å²) >= 11 is 0. The normalized spacial score (nSPS) is 11.8. The van der Waals surface area contributed by atoms with Gasteiger partial charge in [0.05, 0.1) is 6.54 Å². The first-order valence-electron chi connectivity index (χ1n) is 6.85. The second kappa shape index (κ2) is 9.63. The minimum atomic E-state index is -1.06. The fourth-order valence-electron chi connectivity index (χ4n) is 1.28. The molecule has 0 aliphatic heterocycles. The van der Waals surface area contributed by atoms with Crippen molar-refractivity contribution < 1.29 is 19.1 Å². The van der Waals surface area contributed by atoms with Crippen LogP contribution in [0.1, 0.15) is 33.6 Å². The number of nitrogens with two attached hydrogens (primary N) is 1. The van der Waals surface area contributed by atoms with Gasteiger partial charge < -0.3 is 25.8 Å². The van der Waals surface area contributed by atoms with Gasteiger partial charge in [0, 0.05) is 6.54 Å². The maximum atomic E-state index is 11.6. The van der Waals surface area contributed by atoms with E-state index in [1.54, 1.807) is 20.8 Å². The van der Waals surface area contributed by atoms with Crippen molar-refractivity contribution in [3.05, 3.63) is 0 Å². The van der Waals surface area contributed by atoms with Crippen molar-refractivity contribution in [2.45, 2.75) is 45.3 Å². The minimum Gasteiger partial charge on any atom is -0.428 e. The Bertz CT molecular complexity index is 437. The monoisotopic (exact) mass is 312 g/mol. The summed E-state index contributed by atoms with van der Waals surface area (Å²) in [6, 6.07) is -0.929. The molecule has 8 heteroatoms. The van der Waals surface area contributed by atoms with Crippen molar-refractivity contribution in [1.29, 1.82) is 5.41 Å². The fourth-order valence-corrected chi connectivity index (χ4v) is 1.28. The summed E-state index contributed by atoms with van der Waals surface area (Å²) in [7, 11) is 0. The summed E-state index contributed by atoms with van der Waals surface area (Å²) in [5, 5.41) is 12.8. The maximum Gasteiger partial charge on any atom is 0.516 e. The molecule has 0 amide bonds. The molecule has 0 heterocycles. The summed E-state index contributed by atoms with van der Waals surface area (Å²) in [5.74, 6) is 1.60. The average Bonchev–Trinajstić information content (AvgIpc) is 2.38. The number of nitrogens with one attached hydrogen (secondary N) is 3. The van der Waals surface area contributed by atoms with Gasteiger partial charge >= 0.3 is 12.1 Å². The van der Waals surface area contributed by atoms with E-state index in [9.17, 15) is 9.59 Å². The van der Waals surface area contributed by atoms with Gasteiger partial charge in [-0.2, -0.15) is 0 Å². The lowest BCUT2D eigenvalue weighted by Gasteiger charge is -2.19. The highest BCUT2D eigenvalue weighted by Crippen LogP contribution is 2.08. The van der Waals surface area contributed by atoms with E-state index in [1.165, 1.54) is 0 Å². The highest BCUT2D eigenvalue weighted by atomic mass is 16.7. The lowest BCUT2D eigenvalue weighted by Crippen LogP contribution is -2.39. The summed E-state index contributed by atoms with van der Waals surface area (Å²) < 4.78 is 9.35. The number of guanidine groups is 1. The number of carbonyl (C=O) groups excluding carboxylic acids is 2. The van der Waals surface area contributed by atoms with Crippen LogP contribution in [-0.4, -0.2) is 42.8 Å². The summed E-state index contributed by atoms with van der Waals surface area (Å²) in [6.45, 7) is 5.67. The third-order valence-corrected chi connectivity index (χ3v) is 2.24. The largest absolute Gasteiger partial charge is 0.516 e. The van der Waals surface area contributed by atoms with Crippen LogP contribution < -0.4 is 16.4 Å². The van der Waals surface area contributed by atoms with Crippen molar-refractivity contribution in [1.82, 2.24) is 10.6 Å². The van der Waals surface area contributed by atoms with Gasteiger partial charge in [0.15, 0.2) is 5.96 Å². The van der Waals surface area contributed by atoms with E-state index in [1.807, 2.05) is 0 Å². The molecule has 1 atom stereocenters. The molecule has 0 fully saturated rings. The van der Waals surface area contributed by atoms with E-state index >= 15 is 0 Å². The van der Waals surface area contributed by atoms with E-state index in [0.29, 0.717) is 19.4 Å². The van der Waals surface area contributed by atoms with E-state index in [0.717, 1.165) is 0 Å². The first kappa shape index (κ1) is 19.7. The molecule has 0 aromatic heterocycles. The molecule has 0 bridgehead atoms. The van der Waals surface area contributed by atoms with Gasteiger partial charge in [-0.15, -0.1) is 6.42 Å². The molecule has 0 saturated carbocycles. The van der Waals surface area contributed by atoms with Gasteiger partial charge in [-0.3, -0.25) is 5.41 Å². The van der Waals surface area contributed by atoms with E-state index in [2.05, 4.69) is 21.3 Å². The van der Waals surface area contributed by atoms with E-state index in [-0.39, 0.29) is 12.5 Å². The number of terminal acetylenes is 1. The van der Waals surface area contributed by atoms with Crippen LogP contribution in [0.4, 0.5) is 4.79 Å². The van der Waals surface area contributed by atoms with Crippen molar-refractivity contribution >= 4 is 18.1 Å². The molecule has 0 saturated heterocycles. The molecule has 0 spiro atoms. The van der Waals surface area contributed by atoms with Crippen molar-refractivity contribution in [3.63, 3.8) is 0 Å². The Balaban J connectivity index is 3.90. The summed E-state index contributed by atoms with van der Waals surface area (Å²) in [5.41, 5.74) is 4.88. The Morgan fingerprint density at radius 2 is 2.00 bits per heavy atom. The average molecular weight is 312 g/mol. The van der Waals surface area contributed by atoms with Crippen LogP contribution in [0.15, 0.2) is 0 Å². The first-order chi connectivity index (χ1) is 10.2. The van der Waals surface area contributed by atoms with Crippen LogP contribution in [0, 0.1) is 17.8 Å². The molecular weight excluding hydrogens is 288 g/mol. The highest BCUT2D eigenvalue weighted by Gasteiger charge is 2.23. The van der Waals surface area contributed by atoms with Gasteiger partial charge in [0.25, 0.3) is 0 Å². The zero-order valence-electron chi connectivity index (χ0n) is 13.2. The molecule has 0 aliphatic carbocycles. The Hall–Kier alpha value is -2.27. The second-order valence-corrected chi connectivity index (χ2v) is 5.49. The molecule has 0 rings (SSSR count). The van der Waals surface area contributed by atoms with Crippen LogP contribution in [-0.2, 0) is 14.3 Å². The molecule has 0 radical (unpaired) electrons. The lowest BCUT2D eigenvalue weighted by atomic mass is 10.2. The second-order valence-electron chi connectivity index (χ2n) is 5.49. The molecule has 124 valence electrons. The highest BCUT2D eigenvalue weighted by molar-refractivity contribution is 5.85. The van der Waals surface area contributed by atoms with E-state index < -0.39 is 23.8 Å². The minimum absolute atomic E-state index is 0.0999. The van der Waals surface area contributed by atoms with Crippen LogP contribution >= 0.6 is 0 Å². The number of ether oxygens (including phenoxy) is 2. The molecule has 8 nitrogen and oxygen atoms in total. The molecule has 0 unspecified atom stereocenters. The molecular formula is C14H24N4O4. The Morgan fingerprint density at radius 1 is 1.36 bits per heavy atom. The zero-order valence-corrected chi connectivity index (χ0v) is 13.2. The van der Waals surface area contributed by atoms with Crippen LogP contribution in [0.5, 0.6) is 0 Å². The lowest BCUT2D eigenvalue weighted by molar-refractivity contribution is -0.143. The third-order valence-electron chi connectivity index (χ3n) is 2.24. The molecule has 22 heavy (non-hydrogen) atoms. The van der Waals surface area contributed by atoms with Crippen molar-refractivity contribution in [3.8, 4) is 12.3 Å². The van der Waals surface area contributed by atoms with Gasteiger partial charge in [0.2, 0.25) is 0 Å². The van der Waals surface area contributed by atoms with Gasteiger partial charge in [-0.05, 0) is 33.6 Å². The third kappa shape index (κ3) is 10.5. The van der Waals surface area contributed by atoms with Crippen molar-refractivity contribution in [2.24, 2.45) is 5.73 Å². The number of esters is 1. The number of hydrogen-bond acceptors (Lipinski definition) is 6. The Morgan fingerprint density at radius 3 is 2.55 bits per heavy atom. The number of rotatable bonds is 6. The van der Waals surface area contributed by atoms with Gasteiger partial charge in [0.1, 0.15) is 11.6 Å². The number of hydrogen-bond donors (Lipinski definition) is 4. The quantitative estimate of drug-likeness (QED) is 0.139. The van der Waals surface area contributed by atoms with Gasteiger partial charge in [-0.25, -0.2) is 9.59 Å². The summed E-state index contributed by atoms with van der Waals surface area (Å²) in [6.07, 6.45) is 4.80. The van der Waals surface area contributed by atoms with E-state index in [4.69, 9.17) is 22.3 Å². The molecule has 0 aromatic carbocycles. The predicted octanol–water partition coefficient (Wildman–Crippen LogP) is 0.319. The topological polar surface area (TPSA) is 127 Å². The SMILES string of the molecule is C#CCNC(=N)NCCC[C@H](N)C(=O)OC(=O)OC(C)(C)C. The Kier molecular flexibility index (Phi) is 8.63. The molecule has 0 aromatic rings. The maximum absolute atomic E-state index is 11.6. The predicted molar refractivity (Wildman–Crippen MR) is 82.1 cm³/mol. The zero-order chi connectivity index (χ0) is 17.2. The van der Waals surface area contributed by atoms with Crippen LogP contribution in [0.2, 0.25) is 0 Å². The Labute approximate surface area is 130 Å².